The van der Waals surface area contributed by atoms with Crippen LogP contribution in [-0.2, 0) is 11.5 Å². The zero-order valence-corrected chi connectivity index (χ0v) is 9.79. The van der Waals surface area contributed by atoms with E-state index in [9.17, 15) is 0 Å². The van der Waals surface area contributed by atoms with Crippen LogP contribution in [0.15, 0.2) is 24.5 Å². The molecule has 1 aromatic rings. The number of hydrogen-bond donors (Lipinski definition) is 0. The first-order chi connectivity index (χ1) is 6.08. The standard InChI is InChI=1S/C10H19NOSi/c1-13(2,3)9-8-12-10-11-6-4-5-7-11/h4-7H,8-10H2,1-3H3. The molecule has 0 spiro atoms. The first kappa shape index (κ1) is 10.5. The smallest absolute Gasteiger partial charge is 0.122 e. The summed E-state index contributed by atoms with van der Waals surface area (Å²) in [6, 6.07) is 5.28. The molecule has 2 nitrogen and oxygen atoms in total. The first-order valence-electron chi connectivity index (χ1n) is 4.76. The Labute approximate surface area is 81.5 Å². The molecule has 0 aliphatic heterocycles. The molecule has 0 fully saturated rings. The summed E-state index contributed by atoms with van der Waals surface area (Å²) in [6.07, 6.45) is 4.04. The van der Waals surface area contributed by atoms with Gasteiger partial charge in [0.05, 0.1) is 0 Å². The lowest BCUT2D eigenvalue weighted by Crippen LogP contribution is -2.21. The molecule has 74 valence electrons. The average Bonchev–Trinajstić information content (AvgIpc) is 2.48. The van der Waals surface area contributed by atoms with Crippen LogP contribution in [0.1, 0.15) is 0 Å². The third-order valence-corrected chi connectivity index (χ3v) is 3.61. The van der Waals surface area contributed by atoms with E-state index in [1.54, 1.807) is 0 Å². The molecular weight excluding hydrogens is 178 g/mol. The molecule has 1 heterocycles. The van der Waals surface area contributed by atoms with Crippen LogP contribution in [0.3, 0.4) is 0 Å². The van der Waals surface area contributed by atoms with E-state index < -0.39 is 8.07 Å². The van der Waals surface area contributed by atoms with Crippen molar-refractivity contribution in [1.82, 2.24) is 4.57 Å². The molecule has 3 heteroatoms. The summed E-state index contributed by atoms with van der Waals surface area (Å²) in [5, 5.41) is 0. The van der Waals surface area contributed by atoms with Crippen molar-refractivity contribution in [2.45, 2.75) is 32.4 Å². The molecule has 0 aliphatic carbocycles. The topological polar surface area (TPSA) is 14.2 Å². The Bertz CT molecular complexity index is 226. The highest BCUT2D eigenvalue weighted by molar-refractivity contribution is 6.76. The van der Waals surface area contributed by atoms with Gasteiger partial charge in [-0.2, -0.15) is 0 Å². The summed E-state index contributed by atoms with van der Waals surface area (Å²) in [5.74, 6) is 0. The third-order valence-electron chi connectivity index (χ3n) is 1.90. The summed E-state index contributed by atoms with van der Waals surface area (Å²) < 4.78 is 7.60. The molecule has 0 bridgehead atoms. The van der Waals surface area contributed by atoms with Gasteiger partial charge in [-0.25, -0.2) is 0 Å². The Morgan fingerprint density at radius 3 is 2.31 bits per heavy atom. The number of aromatic nitrogens is 1. The highest BCUT2D eigenvalue weighted by Gasteiger charge is 2.11. The van der Waals surface area contributed by atoms with E-state index in [2.05, 4.69) is 19.6 Å². The van der Waals surface area contributed by atoms with Gasteiger partial charge < -0.3 is 9.30 Å². The highest BCUT2D eigenvalue weighted by Crippen LogP contribution is 2.07. The van der Waals surface area contributed by atoms with Crippen molar-refractivity contribution < 1.29 is 4.74 Å². The minimum atomic E-state index is -0.914. The first-order valence-corrected chi connectivity index (χ1v) is 8.47. The Hall–Kier alpha value is -0.543. The van der Waals surface area contributed by atoms with Crippen molar-refractivity contribution in [3.63, 3.8) is 0 Å². The molecule has 1 aromatic heterocycles. The number of rotatable bonds is 5. The number of ether oxygens (including phenoxy) is 1. The molecule has 0 N–H and O–H groups in total. The maximum absolute atomic E-state index is 5.55. The van der Waals surface area contributed by atoms with Crippen LogP contribution in [0, 0.1) is 0 Å². The zero-order valence-electron chi connectivity index (χ0n) is 8.79. The Morgan fingerprint density at radius 2 is 1.77 bits per heavy atom. The van der Waals surface area contributed by atoms with Gasteiger partial charge in [-0.1, -0.05) is 19.6 Å². The van der Waals surface area contributed by atoms with Crippen LogP contribution in [0.2, 0.25) is 25.7 Å². The largest absolute Gasteiger partial charge is 0.361 e. The molecule has 1 rings (SSSR count). The summed E-state index contributed by atoms with van der Waals surface area (Å²) in [5.41, 5.74) is 0. The monoisotopic (exact) mass is 197 g/mol. The van der Waals surface area contributed by atoms with Gasteiger partial charge in [0.2, 0.25) is 0 Å². The molecule has 13 heavy (non-hydrogen) atoms. The fourth-order valence-electron chi connectivity index (χ4n) is 1.00. The van der Waals surface area contributed by atoms with Crippen molar-refractivity contribution in [3.05, 3.63) is 24.5 Å². The molecule has 0 atom stereocenters. The van der Waals surface area contributed by atoms with E-state index in [-0.39, 0.29) is 0 Å². The van der Waals surface area contributed by atoms with Crippen LogP contribution in [0.5, 0.6) is 0 Å². The van der Waals surface area contributed by atoms with Crippen LogP contribution in [0.4, 0.5) is 0 Å². The number of hydrogen-bond acceptors (Lipinski definition) is 1. The van der Waals surface area contributed by atoms with Gasteiger partial charge >= 0.3 is 0 Å². The second kappa shape index (κ2) is 4.63. The zero-order chi connectivity index (χ0) is 9.73. The fraction of sp³-hybridized carbons (Fsp3) is 0.600. The van der Waals surface area contributed by atoms with Crippen LogP contribution in [-0.4, -0.2) is 19.2 Å². The lowest BCUT2D eigenvalue weighted by atomic mass is 10.7. The van der Waals surface area contributed by atoms with Gasteiger partial charge in [0.15, 0.2) is 0 Å². The second-order valence-corrected chi connectivity index (χ2v) is 10.2. The van der Waals surface area contributed by atoms with Crippen molar-refractivity contribution in [2.75, 3.05) is 6.61 Å². The van der Waals surface area contributed by atoms with E-state index >= 15 is 0 Å². The van der Waals surface area contributed by atoms with Crippen LogP contribution < -0.4 is 0 Å². The molecular formula is C10H19NOSi. The maximum atomic E-state index is 5.55. The fourth-order valence-corrected chi connectivity index (χ4v) is 1.76. The minimum Gasteiger partial charge on any atom is -0.361 e. The molecule has 0 unspecified atom stereocenters. The van der Waals surface area contributed by atoms with Crippen molar-refractivity contribution in [3.8, 4) is 0 Å². The minimum absolute atomic E-state index is 0.692. The van der Waals surface area contributed by atoms with E-state index in [0.717, 1.165) is 6.61 Å². The molecule has 0 amide bonds. The van der Waals surface area contributed by atoms with Crippen molar-refractivity contribution >= 4 is 8.07 Å². The van der Waals surface area contributed by atoms with Crippen molar-refractivity contribution in [2.24, 2.45) is 0 Å². The van der Waals surface area contributed by atoms with Gasteiger partial charge in [-0.3, -0.25) is 0 Å². The Balaban J connectivity index is 2.09. The summed E-state index contributed by atoms with van der Waals surface area (Å²) >= 11 is 0. The number of nitrogens with zero attached hydrogens (tertiary/aromatic N) is 1. The van der Waals surface area contributed by atoms with Crippen LogP contribution >= 0.6 is 0 Å². The van der Waals surface area contributed by atoms with E-state index in [4.69, 9.17) is 4.74 Å². The normalized spacial score (nSPS) is 11.9. The summed E-state index contributed by atoms with van der Waals surface area (Å²) in [7, 11) is -0.914. The molecule has 0 aliphatic rings. The van der Waals surface area contributed by atoms with Gasteiger partial charge in [-0.15, -0.1) is 0 Å². The molecule has 0 aromatic carbocycles. The molecule has 0 saturated carbocycles. The maximum Gasteiger partial charge on any atom is 0.122 e. The van der Waals surface area contributed by atoms with E-state index in [1.165, 1.54) is 6.04 Å². The summed E-state index contributed by atoms with van der Waals surface area (Å²) in [6.45, 7) is 8.69. The predicted octanol–water partition coefficient (Wildman–Crippen LogP) is 2.80. The van der Waals surface area contributed by atoms with Gasteiger partial charge in [0, 0.05) is 27.1 Å². The lowest BCUT2D eigenvalue weighted by Gasteiger charge is -2.15. The van der Waals surface area contributed by atoms with E-state index in [1.807, 2.05) is 29.1 Å². The SMILES string of the molecule is C[Si](C)(C)CCOCn1cccc1. The van der Waals surface area contributed by atoms with E-state index in [0.29, 0.717) is 6.73 Å². The Kier molecular flexibility index (Phi) is 3.75. The lowest BCUT2D eigenvalue weighted by molar-refractivity contribution is 0.0875. The highest BCUT2D eigenvalue weighted by atomic mass is 28.3. The molecule has 0 saturated heterocycles. The summed E-state index contributed by atoms with van der Waals surface area (Å²) in [4.78, 5) is 0. The van der Waals surface area contributed by atoms with Crippen molar-refractivity contribution in [1.29, 1.82) is 0 Å². The third kappa shape index (κ3) is 4.90. The Morgan fingerprint density at radius 1 is 1.15 bits per heavy atom. The molecule has 0 radical (unpaired) electrons. The van der Waals surface area contributed by atoms with Crippen LogP contribution in [0.25, 0.3) is 0 Å². The van der Waals surface area contributed by atoms with Gasteiger partial charge in [0.1, 0.15) is 6.73 Å². The second-order valence-electron chi connectivity index (χ2n) is 4.55. The quantitative estimate of drug-likeness (QED) is 0.523. The van der Waals surface area contributed by atoms with Gasteiger partial charge in [-0.05, 0) is 18.2 Å². The van der Waals surface area contributed by atoms with Gasteiger partial charge in [0.25, 0.3) is 0 Å². The predicted molar refractivity (Wildman–Crippen MR) is 58.5 cm³/mol. The average molecular weight is 197 g/mol.